The topological polar surface area (TPSA) is 112 Å². The number of aromatic amines is 1. The van der Waals surface area contributed by atoms with Crippen molar-refractivity contribution in [1.29, 1.82) is 0 Å². The van der Waals surface area contributed by atoms with Gasteiger partial charge in [0.05, 0.1) is 12.6 Å². The van der Waals surface area contributed by atoms with Crippen molar-refractivity contribution in [3.05, 3.63) is 12.3 Å². The van der Waals surface area contributed by atoms with E-state index in [9.17, 15) is 13.2 Å². The van der Waals surface area contributed by atoms with Crippen molar-refractivity contribution in [1.82, 2.24) is 14.9 Å². The second-order valence-corrected chi connectivity index (χ2v) is 6.59. The second kappa shape index (κ2) is 5.30. The Hall–Kier alpha value is -1.41. The molecular weight excluding hydrogens is 270 g/mol. The summed E-state index contributed by atoms with van der Waals surface area (Å²) in [6, 6.07) is 1.35. The molecule has 0 bridgehead atoms. The van der Waals surface area contributed by atoms with Crippen LogP contribution in [0.2, 0.25) is 0 Å². The van der Waals surface area contributed by atoms with Crippen molar-refractivity contribution < 1.29 is 18.3 Å². The van der Waals surface area contributed by atoms with Crippen molar-refractivity contribution in [2.24, 2.45) is 0 Å². The van der Waals surface area contributed by atoms with Crippen molar-refractivity contribution in [2.75, 3.05) is 0 Å². The van der Waals surface area contributed by atoms with E-state index in [4.69, 9.17) is 5.11 Å². The van der Waals surface area contributed by atoms with Crippen molar-refractivity contribution >= 4 is 16.0 Å². The van der Waals surface area contributed by atoms with Crippen LogP contribution in [0.25, 0.3) is 0 Å². The molecule has 0 aromatic carbocycles. The molecule has 1 aromatic rings. The largest absolute Gasteiger partial charge is 0.481 e. The molecule has 3 N–H and O–H groups in total. The first-order valence-corrected chi connectivity index (χ1v) is 7.67. The molecule has 1 heterocycles. The number of carbonyl (C=O) groups is 1. The molecule has 0 amide bonds. The van der Waals surface area contributed by atoms with Gasteiger partial charge in [-0.05, 0) is 18.9 Å². The van der Waals surface area contributed by atoms with Gasteiger partial charge in [0.2, 0.25) is 0 Å². The third-order valence-electron chi connectivity index (χ3n) is 3.42. The lowest BCUT2D eigenvalue weighted by molar-refractivity contribution is -0.138. The Kier molecular flexibility index (Phi) is 3.91. The Morgan fingerprint density at radius 3 is 2.63 bits per heavy atom. The van der Waals surface area contributed by atoms with E-state index in [1.54, 1.807) is 0 Å². The van der Waals surface area contributed by atoms with Crippen molar-refractivity contribution in [2.45, 2.75) is 49.1 Å². The molecule has 1 fully saturated rings. The van der Waals surface area contributed by atoms with E-state index in [1.165, 1.54) is 12.3 Å². The summed E-state index contributed by atoms with van der Waals surface area (Å²) < 4.78 is 26.9. The van der Waals surface area contributed by atoms with Crippen LogP contribution in [0.5, 0.6) is 0 Å². The van der Waals surface area contributed by atoms with Crippen LogP contribution in [0.15, 0.2) is 17.3 Å². The molecule has 0 aliphatic heterocycles. The summed E-state index contributed by atoms with van der Waals surface area (Å²) in [5.74, 6) is -0.991. The zero-order valence-corrected chi connectivity index (χ0v) is 11.2. The number of hydrogen-bond donors (Lipinski definition) is 3. The van der Waals surface area contributed by atoms with Gasteiger partial charge in [-0.1, -0.05) is 19.3 Å². The number of aliphatic carboxylic acids is 1. The highest BCUT2D eigenvalue weighted by Crippen LogP contribution is 2.32. The molecule has 1 aliphatic rings. The van der Waals surface area contributed by atoms with E-state index in [0.29, 0.717) is 12.8 Å². The van der Waals surface area contributed by atoms with Crippen molar-refractivity contribution in [3.8, 4) is 0 Å². The van der Waals surface area contributed by atoms with Gasteiger partial charge in [-0.25, -0.2) is 13.1 Å². The fraction of sp³-hybridized carbons (Fsp3) is 0.636. The average molecular weight is 287 g/mol. The Balaban J connectivity index is 2.23. The zero-order valence-electron chi connectivity index (χ0n) is 10.4. The first-order valence-electron chi connectivity index (χ1n) is 6.19. The standard InChI is InChI=1S/C11H17N3O4S/c15-10(16)8-11(5-2-1-3-6-11)14-19(17,18)9-4-7-12-13-9/h4,7,14H,1-3,5-6,8H2,(H,12,13)(H,15,16). The van der Waals surface area contributed by atoms with Crippen LogP contribution in [0.4, 0.5) is 0 Å². The normalized spacial score (nSPS) is 19.2. The molecule has 106 valence electrons. The lowest BCUT2D eigenvalue weighted by Crippen LogP contribution is -2.51. The smallest absolute Gasteiger partial charge is 0.305 e. The molecule has 1 saturated carbocycles. The molecule has 0 radical (unpaired) electrons. The number of carboxylic acids is 1. The Labute approximate surface area is 111 Å². The molecule has 0 spiro atoms. The van der Waals surface area contributed by atoms with Crippen LogP contribution in [-0.2, 0) is 14.8 Å². The van der Waals surface area contributed by atoms with Crippen LogP contribution in [-0.4, -0.2) is 35.2 Å². The number of aromatic nitrogens is 2. The molecule has 0 atom stereocenters. The third kappa shape index (κ3) is 3.32. The Morgan fingerprint density at radius 2 is 2.11 bits per heavy atom. The van der Waals surface area contributed by atoms with E-state index >= 15 is 0 Å². The number of H-pyrrole nitrogens is 1. The summed E-state index contributed by atoms with van der Waals surface area (Å²) in [7, 11) is -3.75. The highest BCUT2D eigenvalue weighted by atomic mass is 32.2. The van der Waals surface area contributed by atoms with Crippen LogP contribution >= 0.6 is 0 Å². The molecule has 8 heteroatoms. The monoisotopic (exact) mass is 287 g/mol. The number of hydrogen-bond acceptors (Lipinski definition) is 4. The highest BCUT2D eigenvalue weighted by Gasteiger charge is 2.38. The van der Waals surface area contributed by atoms with Gasteiger partial charge in [0, 0.05) is 5.54 Å². The molecule has 0 saturated heterocycles. The molecule has 2 rings (SSSR count). The van der Waals surface area contributed by atoms with Crippen molar-refractivity contribution in [3.63, 3.8) is 0 Å². The average Bonchev–Trinajstić information content (AvgIpc) is 2.81. The summed E-state index contributed by atoms with van der Waals surface area (Å²) in [6.07, 6.45) is 4.92. The van der Waals surface area contributed by atoms with E-state index in [1.807, 2.05) is 0 Å². The van der Waals surface area contributed by atoms with Gasteiger partial charge in [-0.3, -0.25) is 9.89 Å². The summed E-state index contributed by atoms with van der Waals surface area (Å²) in [6.45, 7) is 0. The minimum atomic E-state index is -3.75. The highest BCUT2D eigenvalue weighted by molar-refractivity contribution is 7.89. The molecule has 0 unspecified atom stereocenters. The predicted octanol–water partition coefficient (Wildman–Crippen LogP) is 0.866. The van der Waals surface area contributed by atoms with Gasteiger partial charge >= 0.3 is 5.97 Å². The minimum absolute atomic E-state index is 0.0390. The minimum Gasteiger partial charge on any atom is -0.481 e. The summed E-state index contributed by atoms with van der Waals surface area (Å²) >= 11 is 0. The van der Waals surface area contributed by atoms with Crippen LogP contribution in [0.1, 0.15) is 38.5 Å². The van der Waals surface area contributed by atoms with E-state index in [-0.39, 0.29) is 11.4 Å². The van der Waals surface area contributed by atoms with Gasteiger partial charge in [0.15, 0.2) is 5.03 Å². The first-order chi connectivity index (χ1) is 8.94. The maximum atomic E-state index is 12.2. The SMILES string of the molecule is O=C(O)CC1(NS(=O)(=O)c2ccn[nH]2)CCCCC1. The Bertz CT molecular complexity index is 532. The van der Waals surface area contributed by atoms with Crippen LogP contribution in [0, 0.1) is 0 Å². The Morgan fingerprint density at radius 1 is 1.42 bits per heavy atom. The van der Waals surface area contributed by atoms with E-state index in [2.05, 4.69) is 14.9 Å². The third-order valence-corrected chi connectivity index (χ3v) is 4.92. The maximum Gasteiger partial charge on any atom is 0.305 e. The number of rotatable bonds is 5. The molecule has 1 aromatic heterocycles. The van der Waals surface area contributed by atoms with E-state index in [0.717, 1.165) is 19.3 Å². The number of nitrogens with one attached hydrogen (secondary N) is 2. The fourth-order valence-electron chi connectivity index (χ4n) is 2.57. The number of nitrogens with zero attached hydrogens (tertiary/aromatic N) is 1. The molecule has 7 nitrogen and oxygen atoms in total. The number of carboxylic acid groups (broad SMARTS) is 1. The lowest BCUT2D eigenvalue weighted by Gasteiger charge is -2.36. The fourth-order valence-corrected chi connectivity index (χ4v) is 3.93. The van der Waals surface area contributed by atoms with Gasteiger partial charge in [-0.15, -0.1) is 0 Å². The summed E-state index contributed by atoms with van der Waals surface area (Å²) in [5, 5.41) is 15.0. The van der Waals surface area contributed by atoms with Crippen LogP contribution < -0.4 is 4.72 Å². The summed E-state index contributed by atoms with van der Waals surface area (Å²) in [5.41, 5.74) is -0.881. The van der Waals surface area contributed by atoms with Gasteiger partial charge < -0.3 is 5.11 Å². The number of sulfonamides is 1. The predicted molar refractivity (Wildman–Crippen MR) is 67.0 cm³/mol. The first kappa shape index (κ1) is 14.0. The van der Waals surface area contributed by atoms with Crippen LogP contribution in [0.3, 0.4) is 0 Å². The molecule has 19 heavy (non-hydrogen) atoms. The maximum absolute atomic E-state index is 12.2. The summed E-state index contributed by atoms with van der Waals surface area (Å²) in [4.78, 5) is 11.0. The zero-order chi connectivity index (χ0) is 13.9. The second-order valence-electron chi connectivity index (χ2n) is 4.94. The van der Waals surface area contributed by atoms with Gasteiger partial charge in [0.1, 0.15) is 0 Å². The van der Waals surface area contributed by atoms with Gasteiger partial charge in [-0.2, -0.15) is 5.10 Å². The molecular formula is C11H17N3O4S. The quantitative estimate of drug-likeness (QED) is 0.743. The molecule has 1 aliphatic carbocycles. The van der Waals surface area contributed by atoms with E-state index < -0.39 is 21.5 Å². The lowest BCUT2D eigenvalue weighted by atomic mass is 9.80. The van der Waals surface area contributed by atoms with Gasteiger partial charge in [0.25, 0.3) is 10.0 Å².